The highest BCUT2D eigenvalue weighted by molar-refractivity contribution is 6.30. The number of hydrogen-bond donors (Lipinski definition) is 2. The molecule has 0 bridgehead atoms. The monoisotopic (exact) mass is 360 g/mol. The molecule has 5 nitrogen and oxygen atoms in total. The van der Waals surface area contributed by atoms with Crippen molar-refractivity contribution in [3.8, 4) is 0 Å². The van der Waals surface area contributed by atoms with E-state index < -0.39 is 17.5 Å². The Morgan fingerprint density at radius 2 is 1.60 bits per heavy atom. The molecule has 3 aromatic rings. The summed E-state index contributed by atoms with van der Waals surface area (Å²) in [6.45, 7) is 0. The molecule has 1 heterocycles. The van der Waals surface area contributed by atoms with E-state index >= 15 is 0 Å². The Morgan fingerprint density at radius 3 is 2.24 bits per heavy atom. The summed E-state index contributed by atoms with van der Waals surface area (Å²) < 4.78 is 26.1. The molecule has 0 unspecified atom stereocenters. The summed E-state index contributed by atoms with van der Waals surface area (Å²) >= 11 is 5.78. The van der Waals surface area contributed by atoms with Crippen LogP contribution in [0.25, 0.3) is 0 Å². The zero-order chi connectivity index (χ0) is 17.8. The first-order valence-electron chi connectivity index (χ1n) is 7.14. The molecule has 0 atom stereocenters. The predicted molar refractivity (Wildman–Crippen MR) is 91.1 cm³/mol. The Balaban J connectivity index is 1.67. The van der Waals surface area contributed by atoms with E-state index in [2.05, 4.69) is 20.8 Å². The predicted octanol–water partition coefficient (Wildman–Crippen LogP) is 4.40. The number of halogens is 3. The molecule has 126 valence electrons. The lowest BCUT2D eigenvalue weighted by molar-refractivity contribution is 0.102. The first kappa shape index (κ1) is 16.8. The maximum Gasteiger partial charge on any atom is 0.276 e. The maximum atomic E-state index is 13.2. The number of benzene rings is 2. The molecule has 25 heavy (non-hydrogen) atoms. The number of nitrogens with one attached hydrogen (secondary N) is 2. The van der Waals surface area contributed by atoms with Crippen LogP contribution >= 0.6 is 11.6 Å². The third-order valence-corrected chi connectivity index (χ3v) is 3.44. The Labute approximate surface area is 146 Å². The quantitative estimate of drug-likeness (QED) is 0.723. The Hall–Kier alpha value is -3.06. The van der Waals surface area contributed by atoms with Crippen molar-refractivity contribution in [2.75, 3.05) is 10.6 Å². The fraction of sp³-hybridized carbons (Fsp3) is 0. The van der Waals surface area contributed by atoms with Gasteiger partial charge in [-0.1, -0.05) is 11.6 Å². The van der Waals surface area contributed by atoms with Crippen LogP contribution in [0.5, 0.6) is 0 Å². The highest BCUT2D eigenvalue weighted by Gasteiger charge is 2.09. The Kier molecular flexibility index (Phi) is 4.85. The Bertz CT molecular complexity index is 902. The second-order valence-corrected chi connectivity index (χ2v) is 5.46. The number of rotatable bonds is 4. The van der Waals surface area contributed by atoms with Crippen LogP contribution in [0, 0.1) is 11.6 Å². The van der Waals surface area contributed by atoms with Gasteiger partial charge in [-0.25, -0.2) is 8.78 Å². The van der Waals surface area contributed by atoms with E-state index in [0.717, 1.165) is 12.1 Å². The minimum absolute atomic E-state index is 0.103. The third kappa shape index (κ3) is 4.27. The van der Waals surface area contributed by atoms with Gasteiger partial charge in [-0.05, 0) is 48.5 Å². The average molecular weight is 361 g/mol. The molecule has 0 spiro atoms. The molecule has 0 fully saturated rings. The number of anilines is 3. The second-order valence-electron chi connectivity index (χ2n) is 5.02. The van der Waals surface area contributed by atoms with Gasteiger partial charge in [-0.3, -0.25) is 4.79 Å². The first-order valence-corrected chi connectivity index (χ1v) is 7.52. The average Bonchev–Trinajstić information content (AvgIpc) is 2.61. The number of nitrogens with zero attached hydrogens (tertiary/aromatic N) is 2. The van der Waals surface area contributed by atoms with Gasteiger partial charge in [0, 0.05) is 22.5 Å². The van der Waals surface area contributed by atoms with Crippen molar-refractivity contribution in [2.24, 2.45) is 0 Å². The van der Waals surface area contributed by atoms with Crippen molar-refractivity contribution in [3.63, 3.8) is 0 Å². The molecule has 0 aliphatic carbocycles. The van der Waals surface area contributed by atoms with Crippen LogP contribution in [0.3, 0.4) is 0 Å². The van der Waals surface area contributed by atoms with Gasteiger partial charge in [-0.15, -0.1) is 10.2 Å². The molecule has 3 rings (SSSR count). The van der Waals surface area contributed by atoms with Crippen molar-refractivity contribution < 1.29 is 13.6 Å². The summed E-state index contributed by atoms with van der Waals surface area (Å²) in [5.74, 6) is -2.06. The lowest BCUT2D eigenvalue weighted by atomic mass is 10.3. The third-order valence-electron chi connectivity index (χ3n) is 3.19. The molecule has 0 aliphatic rings. The van der Waals surface area contributed by atoms with E-state index in [1.54, 1.807) is 24.3 Å². The minimum Gasteiger partial charge on any atom is -0.339 e. The molecule has 0 saturated heterocycles. The molecule has 8 heteroatoms. The van der Waals surface area contributed by atoms with Gasteiger partial charge in [-0.2, -0.15) is 0 Å². The van der Waals surface area contributed by atoms with Gasteiger partial charge in [0.05, 0.1) is 0 Å². The van der Waals surface area contributed by atoms with Crippen molar-refractivity contribution >= 4 is 34.7 Å². The van der Waals surface area contributed by atoms with E-state index in [9.17, 15) is 13.6 Å². The summed E-state index contributed by atoms with van der Waals surface area (Å²) in [5.41, 5.74) is 0.984. The maximum absolute atomic E-state index is 13.2. The number of carbonyl (C=O) groups excluding carboxylic acids is 1. The summed E-state index contributed by atoms with van der Waals surface area (Å²) in [5, 5.41) is 13.6. The SMILES string of the molecule is O=C(Nc1ccc(Cl)cc1)c1ccc(Nc2ccc(F)c(F)c2)nn1. The smallest absolute Gasteiger partial charge is 0.276 e. The van der Waals surface area contributed by atoms with Crippen molar-refractivity contribution in [3.05, 3.63) is 76.9 Å². The molecule has 0 aliphatic heterocycles. The Morgan fingerprint density at radius 1 is 0.880 bits per heavy atom. The summed E-state index contributed by atoms with van der Waals surface area (Å²) in [7, 11) is 0. The van der Waals surface area contributed by atoms with Crippen molar-refractivity contribution in [1.82, 2.24) is 10.2 Å². The second kappa shape index (κ2) is 7.23. The van der Waals surface area contributed by atoms with Crippen LogP contribution in [-0.4, -0.2) is 16.1 Å². The van der Waals surface area contributed by atoms with E-state index in [4.69, 9.17) is 11.6 Å². The number of carbonyl (C=O) groups is 1. The zero-order valence-corrected chi connectivity index (χ0v) is 13.4. The van der Waals surface area contributed by atoms with Crippen LogP contribution < -0.4 is 10.6 Å². The summed E-state index contributed by atoms with van der Waals surface area (Å²) in [6.07, 6.45) is 0. The van der Waals surface area contributed by atoms with E-state index in [0.29, 0.717) is 16.4 Å². The minimum atomic E-state index is -0.975. The van der Waals surface area contributed by atoms with Crippen LogP contribution in [0.15, 0.2) is 54.6 Å². The van der Waals surface area contributed by atoms with E-state index in [-0.39, 0.29) is 11.5 Å². The van der Waals surface area contributed by atoms with E-state index in [1.165, 1.54) is 18.2 Å². The van der Waals surface area contributed by atoms with Crippen molar-refractivity contribution in [2.45, 2.75) is 0 Å². The molecule has 0 radical (unpaired) electrons. The van der Waals surface area contributed by atoms with Crippen molar-refractivity contribution in [1.29, 1.82) is 0 Å². The fourth-order valence-corrected chi connectivity index (χ4v) is 2.10. The van der Waals surface area contributed by atoms with Gasteiger partial charge in [0.1, 0.15) is 0 Å². The van der Waals surface area contributed by atoms with Gasteiger partial charge >= 0.3 is 0 Å². The number of hydrogen-bond acceptors (Lipinski definition) is 4. The normalized spacial score (nSPS) is 10.4. The molecule has 2 aromatic carbocycles. The molecule has 0 saturated carbocycles. The summed E-state index contributed by atoms with van der Waals surface area (Å²) in [6, 6.07) is 12.9. The largest absolute Gasteiger partial charge is 0.339 e. The molecular formula is C17H11ClF2N4O. The molecule has 2 N–H and O–H groups in total. The van der Waals surface area contributed by atoms with Crippen LogP contribution in [-0.2, 0) is 0 Å². The van der Waals surface area contributed by atoms with Gasteiger partial charge in [0.25, 0.3) is 5.91 Å². The van der Waals surface area contributed by atoms with Gasteiger partial charge < -0.3 is 10.6 Å². The number of aromatic nitrogens is 2. The topological polar surface area (TPSA) is 66.9 Å². The van der Waals surface area contributed by atoms with Crippen LogP contribution in [0.2, 0.25) is 5.02 Å². The van der Waals surface area contributed by atoms with Crippen LogP contribution in [0.1, 0.15) is 10.5 Å². The lowest BCUT2D eigenvalue weighted by Gasteiger charge is -2.07. The van der Waals surface area contributed by atoms with Gasteiger partial charge in [0.2, 0.25) is 0 Å². The van der Waals surface area contributed by atoms with Crippen LogP contribution in [0.4, 0.5) is 26.0 Å². The lowest BCUT2D eigenvalue weighted by Crippen LogP contribution is -2.14. The highest BCUT2D eigenvalue weighted by atomic mass is 35.5. The van der Waals surface area contributed by atoms with Gasteiger partial charge in [0.15, 0.2) is 23.1 Å². The summed E-state index contributed by atoms with van der Waals surface area (Å²) in [4.78, 5) is 12.1. The van der Waals surface area contributed by atoms with E-state index in [1.807, 2.05) is 0 Å². The zero-order valence-electron chi connectivity index (χ0n) is 12.6. The fourth-order valence-electron chi connectivity index (χ4n) is 1.97. The number of amides is 1. The molecule has 1 aromatic heterocycles. The molecule has 1 amide bonds. The standard InChI is InChI=1S/C17H11ClF2N4O/c18-10-1-3-11(4-2-10)22-17(25)15-7-8-16(24-23-15)21-12-5-6-13(19)14(20)9-12/h1-9H,(H,21,24)(H,22,25). The first-order chi connectivity index (χ1) is 12.0. The highest BCUT2D eigenvalue weighted by Crippen LogP contribution is 2.18. The molecular weight excluding hydrogens is 350 g/mol.